The van der Waals surface area contributed by atoms with Crippen LogP contribution in [0.4, 0.5) is 5.69 Å². The molecule has 1 atom stereocenters. The Labute approximate surface area is 174 Å². The third-order valence-electron chi connectivity index (χ3n) is 5.16. The molecule has 1 amide bonds. The predicted molar refractivity (Wildman–Crippen MR) is 116 cm³/mol. The number of thiophene rings is 1. The van der Waals surface area contributed by atoms with Gasteiger partial charge in [-0.2, -0.15) is 0 Å². The van der Waals surface area contributed by atoms with Crippen molar-refractivity contribution >= 4 is 28.9 Å². The second-order valence-corrected chi connectivity index (χ2v) is 8.45. The Morgan fingerprint density at radius 3 is 2.38 bits per heavy atom. The molecule has 0 saturated carbocycles. The van der Waals surface area contributed by atoms with Crippen LogP contribution < -0.4 is 4.90 Å². The molecular formula is C24H23NO3S. The summed E-state index contributed by atoms with van der Waals surface area (Å²) >= 11 is 1.68. The Morgan fingerprint density at radius 2 is 1.72 bits per heavy atom. The highest BCUT2D eigenvalue weighted by molar-refractivity contribution is 7.13. The van der Waals surface area contributed by atoms with Crippen molar-refractivity contribution in [3.05, 3.63) is 76.7 Å². The zero-order valence-corrected chi connectivity index (χ0v) is 17.5. The third-order valence-corrected chi connectivity index (χ3v) is 6.07. The van der Waals surface area contributed by atoms with Crippen molar-refractivity contribution in [1.82, 2.24) is 0 Å². The summed E-state index contributed by atoms with van der Waals surface area (Å²) in [4.78, 5) is 28.1. The van der Waals surface area contributed by atoms with Crippen LogP contribution in [0.3, 0.4) is 0 Å². The molecule has 1 aliphatic rings. The fourth-order valence-electron chi connectivity index (χ4n) is 3.62. The Hall–Kier alpha value is -2.92. The third kappa shape index (κ3) is 3.70. The van der Waals surface area contributed by atoms with Gasteiger partial charge in [0.2, 0.25) is 0 Å². The minimum Gasteiger partial charge on any atom is -0.463 e. The molecule has 2 heterocycles. The van der Waals surface area contributed by atoms with E-state index in [0.717, 1.165) is 27.9 Å². The second-order valence-electron chi connectivity index (χ2n) is 7.50. The number of amides is 1. The molecule has 0 bridgehead atoms. The molecule has 0 saturated heterocycles. The lowest BCUT2D eigenvalue weighted by Crippen LogP contribution is -2.23. The van der Waals surface area contributed by atoms with Gasteiger partial charge in [0, 0.05) is 16.1 Å². The van der Waals surface area contributed by atoms with Crippen LogP contribution in [0.5, 0.6) is 0 Å². The van der Waals surface area contributed by atoms with Crippen molar-refractivity contribution in [1.29, 1.82) is 0 Å². The lowest BCUT2D eigenvalue weighted by molar-refractivity contribution is -0.148. The van der Waals surface area contributed by atoms with E-state index >= 15 is 0 Å². The van der Waals surface area contributed by atoms with E-state index in [1.54, 1.807) is 16.2 Å². The van der Waals surface area contributed by atoms with Crippen molar-refractivity contribution in [3.63, 3.8) is 0 Å². The number of fused-ring (bicyclic) bond motifs is 1. The van der Waals surface area contributed by atoms with E-state index in [2.05, 4.69) is 12.1 Å². The number of hydrogen-bond acceptors (Lipinski definition) is 4. The number of nitrogens with zero attached hydrogens (tertiary/aromatic N) is 1. The number of carbonyl (C=O) groups excluding carboxylic acids is 2. The van der Waals surface area contributed by atoms with Crippen LogP contribution in [0.25, 0.3) is 10.4 Å². The molecule has 0 N–H and O–H groups in total. The lowest BCUT2D eigenvalue weighted by atomic mass is 10.0. The quantitative estimate of drug-likeness (QED) is 0.517. The van der Waals surface area contributed by atoms with Crippen LogP contribution in [0, 0.1) is 0 Å². The smallest absolute Gasteiger partial charge is 0.313 e. The summed E-state index contributed by atoms with van der Waals surface area (Å²) in [6, 6.07) is 17.6. The number of benzene rings is 2. The number of ether oxygens (including phenoxy) is 1. The maximum Gasteiger partial charge on any atom is 0.313 e. The van der Waals surface area contributed by atoms with Gasteiger partial charge >= 0.3 is 5.97 Å². The Balaban J connectivity index is 1.58. The standard InChI is InChI=1S/C24H23NO3S/c1-15(2)28-24(27)16(3)17-9-11-18(12-10-17)25-14-21-19(22-8-5-13-29-22)6-4-7-20(21)23(25)26/h4-13,15-16H,14H2,1-3H3. The molecule has 1 unspecified atom stereocenters. The van der Waals surface area contributed by atoms with E-state index in [4.69, 9.17) is 4.74 Å². The second kappa shape index (κ2) is 7.84. The van der Waals surface area contributed by atoms with Crippen LogP contribution in [0.2, 0.25) is 0 Å². The van der Waals surface area contributed by atoms with Crippen molar-refractivity contribution in [2.24, 2.45) is 0 Å². The van der Waals surface area contributed by atoms with Gasteiger partial charge in [0.25, 0.3) is 5.91 Å². The Bertz CT molecular complexity index is 1040. The SMILES string of the molecule is CC(C)OC(=O)C(C)c1ccc(N2Cc3c(cccc3-c3cccs3)C2=O)cc1. The molecule has 1 aliphatic heterocycles. The van der Waals surface area contributed by atoms with Crippen LogP contribution in [-0.2, 0) is 16.1 Å². The molecule has 1 aromatic heterocycles. The average Bonchev–Trinajstić information content (AvgIpc) is 3.35. The first-order valence-electron chi connectivity index (χ1n) is 9.74. The zero-order chi connectivity index (χ0) is 20.5. The van der Waals surface area contributed by atoms with Gasteiger partial charge in [0.05, 0.1) is 18.6 Å². The molecule has 0 radical (unpaired) electrons. The summed E-state index contributed by atoms with van der Waals surface area (Å²) in [5, 5.41) is 2.05. The summed E-state index contributed by atoms with van der Waals surface area (Å²) in [5.74, 6) is -0.570. The van der Waals surface area contributed by atoms with E-state index in [1.165, 1.54) is 4.88 Å². The van der Waals surface area contributed by atoms with Crippen LogP contribution in [0.1, 0.15) is 48.2 Å². The van der Waals surface area contributed by atoms with Crippen molar-refractivity contribution < 1.29 is 14.3 Å². The van der Waals surface area contributed by atoms with Gasteiger partial charge in [-0.3, -0.25) is 9.59 Å². The molecule has 0 fully saturated rings. The van der Waals surface area contributed by atoms with Gasteiger partial charge < -0.3 is 9.64 Å². The van der Waals surface area contributed by atoms with Gasteiger partial charge in [-0.1, -0.05) is 30.3 Å². The minimum atomic E-state index is -0.344. The Morgan fingerprint density at radius 1 is 1.00 bits per heavy atom. The summed E-state index contributed by atoms with van der Waals surface area (Å²) in [5.41, 5.74) is 4.65. The molecular weight excluding hydrogens is 382 g/mol. The minimum absolute atomic E-state index is 0.0124. The van der Waals surface area contributed by atoms with Gasteiger partial charge in [-0.15, -0.1) is 11.3 Å². The van der Waals surface area contributed by atoms with Crippen molar-refractivity contribution in [2.45, 2.75) is 39.3 Å². The van der Waals surface area contributed by atoms with E-state index in [1.807, 2.05) is 68.6 Å². The van der Waals surface area contributed by atoms with Gasteiger partial charge in [0.1, 0.15) is 0 Å². The first-order chi connectivity index (χ1) is 14.0. The molecule has 3 aromatic rings. The summed E-state index contributed by atoms with van der Waals surface area (Å²) in [6.07, 6.45) is -0.137. The van der Waals surface area contributed by atoms with Gasteiger partial charge in [-0.05, 0) is 67.1 Å². The molecule has 0 spiro atoms. The molecule has 0 aliphatic carbocycles. The van der Waals surface area contributed by atoms with Gasteiger partial charge in [0.15, 0.2) is 0 Å². The van der Waals surface area contributed by atoms with Gasteiger partial charge in [-0.25, -0.2) is 0 Å². The van der Waals surface area contributed by atoms with E-state index in [-0.39, 0.29) is 23.9 Å². The first kappa shape index (κ1) is 19.4. The molecule has 4 nitrogen and oxygen atoms in total. The van der Waals surface area contributed by atoms with Crippen molar-refractivity contribution in [2.75, 3.05) is 4.90 Å². The predicted octanol–water partition coefficient (Wildman–Crippen LogP) is 5.63. The lowest BCUT2D eigenvalue weighted by Gasteiger charge is -2.18. The number of hydrogen-bond donors (Lipinski definition) is 0. The summed E-state index contributed by atoms with van der Waals surface area (Å²) < 4.78 is 5.30. The number of carbonyl (C=O) groups is 2. The molecule has 5 heteroatoms. The van der Waals surface area contributed by atoms with Crippen LogP contribution in [0.15, 0.2) is 60.0 Å². The first-order valence-corrected chi connectivity index (χ1v) is 10.6. The highest BCUT2D eigenvalue weighted by Crippen LogP contribution is 2.37. The highest BCUT2D eigenvalue weighted by atomic mass is 32.1. The van der Waals surface area contributed by atoms with E-state index in [0.29, 0.717) is 6.54 Å². The monoisotopic (exact) mass is 405 g/mol. The fourth-order valence-corrected chi connectivity index (χ4v) is 4.40. The molecule has 4 rings (SSSR count). The average molecular weight is 406 g/mol. The summed E-state index contributed by atoms with van der Waals surface area (Å²) in [6.45, 7) is 6.07. The maximum atomic E-state index is 13.0. The highest BCUT2D eigenvalue weighted by Gasteiger charge is 2.31. The normalized spacial score (nSPS) is 14.2. The largest absolute Gasteiger partial charge is 0.463 e. The Kier molecular flexibility index (Phi) is 5.24. The van der Waals surface area contributed by atoms with E-state index < -0.39 is 0 Å². The number of esters is 1. The topological polar surface area (TPSA) is 46.6 Å². The molecule has 148 valence electrons. The van der Waals surface area contributed by atoms with E-state index in [9.17, 15) is 9.59 Å². The number of anilines is 1. The van der Waals surface area contributed by atoms with Crippen LogP contribution >= 0.6 is 11.3 Å². The van der Waals surface area contributed by atoms with Crippen LogP contribution in [-0.4, -0.2) is 18.0 Å². The molecule has 29 heavy (non-hydrogen) atoms. The maximum absolute atomic E-state index is 13.0. The zero-order valence-electron chi connectivity index (χ0n) is 16.7. The number of rotatable bonds is 5. The molecule has 2 aromatic carbocycles. The fraction of sp³-hybridized carbons (Fsp3) is 0.250. The summed E-state index contributed by atoms with van der Waals surface area (Å²) in [7, 11) is 0. The van der Waals surface area contributed by atoms with Crippen molar-refractivity contribution in [3.8, 4) is 10.4 Å².